The summed E-state index contributed by atoms with van der Waals surface area (Å²) in [4.78, 5) is 0. The van der Waals surface area contributed by atoms with Crippen LogP contribution in [0.2, 0.25) is 5.02 Å². The first-order valence-corrected chi connectivity index (χ1v) is 7.21. The highest BCUT2D eigenvalue weighted by atomic mass is 35.5. The zero-order valence-corrected chi connectivity index (χ0v) is 12.6. The lowest BCUT2D eigenvalue weighted by Gasteiger charge is -2.19. The van der Waals surface area contributed by atoms with Gasteiger partial charge in [0.1, 0.15) is 11.5 Å². The number of nitrogens with one attached hydrogen (secondary N) is 1. The molecule has 1 aromatic carbocycles. The molecule has 1 unspecified atom stereocenters. The van der Waals surface area contributed by atoms with Gasteiger partial charge in [0.2, 0.25) is 0 Å². The lowest BCUT2D eigenvalue weighted by atomic mass is 10.0. The van der Waals surface area contributed by atoms with Gasteiger partial charge in [-0.05, 0) is 42.8 Å². The molecule has 3 nitrogen and oxygen atoms in total. The van der Waals surface area contributed by atoms with Crippen molar-refractivity contribution in [3.63, 3.8) is 0 Å². The topological polar surface area (TPSA) is 34.4 Å². The molecule has 0 aliphatic rings. The predicted octanol–water partition coefficient (Wildman–Crippen LogP) is 4.23. The van der Waals surface area contributed by atoms with Gasteiger partial charge < -0.3 is 14.5 Å². The Hall–Kier alpha value is -1.45. The first-order valence-electron chi connectivity index (χ1n) is 6.83. The van der Waals surface area contributed by atoms with E-state index in [9.17, 15) is 0 Å². The molecule has 0 fully saturated rings. The van der Waals surface area contributed by atoms with Crippen molar-refractivity contribution >= 4 is 11.6 Å². The molecule has 0 amide bonds. The number of hydrogen-bond acceptors (Lipinski definition) is 3. The van der Waals surface area contributed by atoms with Crippen LogP contribution in [0, 0.1) is 0 Å². The largest absolute Gasteiger partial charge is 0.495 e. The third-order valence-electron chi connectivity index (χ3n) is 3.29. The molecule has 1 aromatic heterocycles. The molecule has 0 spiro atoms. The molecule has 0 saturated carbocycles. The SMILES string of the molecule is CCNC(CCc1ccco1)c1ccc(Cl)c(OC)c1. The monoisotopic (exact) mass is 293 g/mol. The van der Waals surface area contributed by atoms with E-state index >= 15 is 0 Å². The lowest BCUT2D eigenvalue weighted by Crippen LogP contribution is -2.21. The summed E-state index contributed by atoms with van der Waals surface area (Å²) >= 11 is 6.08. The van der Waals surface area contributed by atoms with E-state index < -0.39 is 0 Å². The molecule has 0 radical (unpaired) electrons. The van der Waals surface area contributed by atoms with E-state index in [0.29, 0.717) is 10.8 Å². The molecule has 1 N–H and O–H groups in total. The number of aryl methyl sites for hydroxylation is 1. The molecule has 1 atom stereocenters. The molecule has 0 aliphatic carbocycles. The highest BCUT2D eigenvalue weighted by molar-refractivity contribution is 6.32. The molecule has 0 bridgehead atoms. The Morgan fingerprint density at radius 2 is 2.20 bits per heavy atom. The van der Waals surface area contributed by atoms with Gasteiger partial charge in [-0.15, -0.1) is 0 Å². The molecule has 2 rings (SSSR count). The molecule has 1 heterocycles. The van der Waals surface area contributed by atoms with Gasteiger partial charge in [0.05, 0.1) is 18.4 Å². The summed E-state index contributed by atoms with van der Waals surface area (Å²) in [6, 6.07) is 10.1. The van der Waals surface area contributed by atoms with Crippen molar-refractivity contribution in [3.8, 4) is 5.75 Å². The van der Waals surface area contributed by atoms with Gasteiger partial charge in [-0.3, -0.25) is 0 Å². The number of ether oxygens (including phenoxy) is 1. The summed E-state index contributed by atoms with van der Waals surface area (Å²) in [6.07, 6.45) is 3.57. The standard InChI is InChI=1S/C16H20ClNO2/c1-3-18-15(9-7-13-5-4-10-20-13)12-6-8-14(17)16(11-12)19-2/h4-6,8,10-11,15,18H,3,7,9H2,1-2H3. The minimum Gasteiger partial charge on any atom is -0.495 e. The number of hydrogen-bond donors (Lipinski definition) is 1. The number of methoxy groups -OCH3 is 1. The van der Waals surface area contributed by atoms with Crippen LogP contribution in [0.3, 0.4) is 0 Å². The Balaban J connectivity index is 2.10. The third-order valence-corrected chi connectivity index (χ3v) is 3.60. The van der Waals surface area contributed by atoms with Crippen LogP contribution in [0.1, 0.15) is 30.7 Å². The third kappa shape index (κ3) is 3.78. The van der Waals surface area contributed by atoms with Crippen LogP contribution in [0.25, 0.3) is 0 Å². The molecule has 20 heavy (non-hydrogen) atoms. The Bertz CT molecular complexity index is 525. The molecule has 2 aromatic rings. The fraction of sp³-hybridized carbons (Fsp3) is 0.375. The van der Waals surface area contributed by atoms with Gasteiger partial charge in [0, 0.05) is 12.5 Å². The molecule has 0 aliphatic heterocycles. The molecular formula is C16H20ClNO2. The summed E-state index contributed by atoms with van der Waals surface area (Å²) in [6.45, 7) is 3.01. The Labute approximate surface area is 124 Å². The quantitative estimate of drug-likeness (QED) is 0.830. The average Bonchev–Trinajstić information content (AvgIpc) is 2.97. The highest BCUT2D eigenvalue weighted by Crippen LogP contribution is 2.29. The number of rotatable bonds is 7. The number of halogens is 1. The van der Waals surface area contributed by atoms with Crippen molar-refractivity contribution in [1.82, 2.24) is 5.32 Å². The van der Waals surface area contributed by atoms with Crippen molar-refractivity contribution in [2.24, 2.45) is 0 Å². The highest BCUT2D eigenvalue weighted by Gasteiger charge is 2.13. The van der Waals surface area contributed by atoms with Crippen molar-refractivity contribution < 1.29 is 9.15 Å². The van der Waals surface area contributed by atoms with Gasteiger partial charge in [-0.2, -0.15) is 0 Å². The van der Waals surface area contributed by atoms with Gasteiger partial charge in [-0.1, -0.05) is 24.6 Å². The zero-order chi connectivity index (χ0) is 14.4. The lowest BCUT2D eigenvalue weighted by molar-refractivity contribution is 0.412. The fourth-order valence-corrected chi connectivity index (χ4v) is 2.46. The maximum absolute atomic E-state index is 6.08. The summed E-state index contributed by atoms with van der Waals surface area (Å²) < 4.78 is 10.7. The Morgan fingerprint density at radius 3 is 2.85 bits per heavy atom. The van der Waals surface area contributed by atoms with Crippen LogP contribution in [0.5, 0.6) is 5.75 Å². The van der Waals surface area contributed by atoms with E-state index in [2.05, 4.69) is 12.2 Å². The van der Waals surface area contributed by atoms with E-state index in [0.717, 1.165) is 25.1 Å². The van der Waals surface area contributed by atoms with Crippen molar-refractivity contribution in [3.05, 3.63) is 52.9 Å². The van der Waals surface area contributed by atoms with E-state index in [1.54, 1.807) is 13.4 Å². The molecule has 4 heteroatoms. The zero-order valence-electron chi connectivity index (χ0n) is 11.9. The van der Waals surface area contributed by atoms with Gasteiger partial charge in [0.15, 0.2) is 0 Å². The summed E-state index contributed by atoms with van der Waals surface area (Å²) in [5, 5.41) is 4.13. The van der Waals surface area contributed by atoms with E-state index in [1.165, 1.54) is 5.56 Å². The summed E-state index contributed by atoms with van der Waals surface area (Å²) in [7, 11) is 1.64. The van der Waals surface area contributed by atoms with Crippen molar-refractivity contribution in [2.75, 3.05) is 13.7 Å². The second kappa shape index (κ2) is 7.36. The van der Waals surface area contributed by atoms with Crippen LogP contribution in [0.15, 0.2) is 41.0 Å². The van der Waals surface area contributed by atoms with Crippen LogP contribution >= 0.6 is 11.6 Å². The van der Waals surface area contributed by atoms with Gasteiger partial charge >= 0.3 is 0 Å². The van der Waals surface area contributed by atoms with E-state index in [-0.39, 0.29) is 6.04 Å². The molecule has 0 saturated heterocycles. The van der Waals surface area contributed by atoms with Crippen LogP contribution in [-0.4, -0.2) is 13.7 Å². The van der Waals surface area contributed by atoms with Gasteiger partial charge in [-0.25, -0.2) is 0 Å². The molecule has 108 valence electrons. The predicted molar refractivity (Wildman–Crippen MR) is 81.5 cm³/mol. The summed E-state index contributed by atoms with van der Waals surface area (Å²) in [5.74, 6) is 1.72. The van der Waals surface area contributed by atoms with Crippen LogP contribution in [0.4, 0.5) is 0 Å². The van der Waals surface area contributed by atoms with E-state index in [4.69, 9.17) is 20.8 Å². The second-order valence-corrected chi connectivity index (χ2v) is 5.03. The number of benzene rings is 1. The minimum absolute atomic E-state index is 0.260. The minimum atomic E-state index is 0.260. The second-order valence-electron chi connectivity index (χ2n) is 4.62. The normalized spacial score (nSPS) is 12.3. The summed E-state index contributed by atoms with van der Waals surface area (Å²) in [5.41, 5.74) is 1.18. The first kappa shape index (κ1) is 14.9. The van der Waals surface area contributed by atoms with E-state index in [1.807, 2.05) is 30.3 Å². The fourth-order valence-electron chi connectivity index (χ4n) is 2.27. The smallest absolute Gasteiger partial charge is 0.137 e. The maximum Gasteiger partial charge on any atom is 0.137 e. The van der Waals surface area contributed by atoms with Crippen LogP contribution in [-0.2, 0) is 6.42 Å². The number of furan rings is 1. The maximum atomic E-state index is 6.08. The molecular weight excluding hydrogens is 274 g/mol. The van der Waals surface area contributed by atoms with Crippen molar-refractivity contribution in [2.45, 2.75) is 25.8 Å². The van der Waals surface area contributed by atoms with Crippen molar-refractivity contribution in [1.29, 1.82) is 0 Å². The van der Waals surface area contributed by atoms with Crippen LogP contribution < -0.4 is 10.1 Å². The Kier molecular flexibility index (Phi) is 5.50. The van der Waals surface area contributed by atoms with Gasteiger partial charge in [0.25, 0.3) is 0 Å². The average molecular weight is 294 g/mol. The Morgan fingerprint density at radius 1 is 1.35 bits per heavy atom. The first-order chi connectivity index (χ1) is 9.74.